The molecule has 6 heteroatoms. The lowest BCUT2D eigenvalue weighted by Crippen LogP contribution is -2.36. The molecule has 0 spiro atoms. The molecule has 0 amide bonds. The molecule has 0 saturated carbocycles. The van der Waals surface area contributed by atoms with Gasteiger partial charge in [-0.3, -0.25) is 10.1 Å². The summed E-state index contributed by atoms with van der Waals surface area (Å²) in [6.45, 7) is 0.858. The van der Waals surface area contributed by atoms with E-state index in [0.29, 0.717) is 6.42 Å². The summed E-state index contributed by atoms with van der Waals surface area (Å²) in [5, 5.41) is 21.4. The minimum absolute atomic E-state index is 0.000516. The molecule has 1 aliphatic heterocycles. The van der Waals surface area contributed by atoms with Crippen LogP contribution in [0.4, 0.5) is 11.5 Å². The zero-order valence-corrected chi connectivity index (χ0v) is 14.1. The maximum atomic E-state index is 10.8. The van der Waals surface area contributed by atoms with Crippen LogP contribution in [0.2, 0.25) is 0 Å². The normalized spacial score (nSPS) is 19.2. The summed E-state index contributed by atoms with van der Waals surface area (Å²) < 4.78 is 0. The van der Waals surface area contributed by atoms with Crippen LogP contribution < -0.4 is 4.90 Å². The highest BCUT2D eigenvalue weighted by Crippen LogP contribution is 2.29. The number of anilines is 1. The predicted molar refractivity (Wildman–Crippen MR) is 96.5 cm³/mol. The molecule has 2 heterocycles. The number of rotatable bonds is 5. The maximum absolute atomic E-state index is 10.8. The zero-order chi connectivity index (χ0) is 17.6. The van der Waals surface area contributed by atoms with E-state index in [4.69, 9.17) is 0 Å². The van der Waals surface area contributed by atoms with Gasteiger partial charge in [0, 0.05) is 18.7 Å². The number of aliphatic hydroxyl groups is 1. The smallest absolute Gasteiger partial charge is 0.287 e. The average Bonchev–Trinajstić information content (AvgIpc) is 2.88. The summed E-state index contributed by atoms with van der Waals surface area (Å²) in [4.78, 5) is 16.9. The molecule has 1 N–H and O–H groups in total. The Labute approximate surface area is 147 Å². The standard InChI is InChI=1S/C19H23N3O3/c23-18(15-7-3-1-4-8-15)13-16-9-5-2-6-12-21(16)19-11-10-17(14-20-19)22(24)25/h1,3-4,7-8,10-11,14,16,18,23H,2,5-6,9,12-13H2/t16-,18+/m1/s1. The number of benzene rings is 1. The van der Waals surface area contributed by atoms with Crippen molar-refractivity contribution in [3.05, 3.63) is 64.3 Å². The summed E-state index contributed by atoms with van der Waals surface area (Å²) in [6.07, 6.45) is 5.74. The van der Waals surface area contributed by atoms with Crippen molar-refractivity contribution in [1.29, 1.82) is 0 Å². The van der Waals surface area contributed by atoms with Crippen LogP contribution in [0, 0.1) is 10.1 Å². The molecule has 0 radical (unpaired) electrons. The van der Waals surface area contributed by atoms with Crippen LogP contribution >= 0.6 is 0 Å². The van der Waals surface area contributed by atoms with Crippen molar-refractivity contribution in [2.75, 3.05) is 11.4 Å². The third-order valence-electron chi connectivity index (χ3n) is 4.79. The van der Waals surface area contributed by atoms with Gasteiger partial charge in [0.05, 0.1) is 11.0 Å². The second-order valence-electron chi connectivity index (χ2n) is 6.49. The molecule has 2 atom stereocenters. The first-order valence-electron chi connectivity index (χ1n) is 8.75. The highest BCUT2D eigenvalue weighted by molar-refractivity contribution is 5.44. The predicted octanol–water partition coefficient (Wildman–Crippen LogP) is 3.86. The monoisotopic (exact) mass is 341 g/mol. The highest BCUT2D eigenvalue weighted by Gasteiger charge is 2.25. The molecule has 1 fully saturated rings. The topological polar surface area (TPSA) is 79.5 Å². The van der Waals surface area contributed by atoms with Gasteiger partial charge in [0.15, 0.2) is 0 Å². The molecular formula is C19H23N3O3. The Balaban J connectivity index is 1.78. The van der Waals surface area contributed by atoms with Gasteiger partial charge in [0.1, 0.15) is 12.0 Å². The molecule has 132 valence electrons. The van der Waals surface area contributed by atoms with Crippen LogP contribution in [-0.2, 0) is 0 Å². The SMILES string of the molecule is O=[N+]([O-])c1ccc(N2CCCCC[C@@H]2C[C@H](O)c2ccccc2)nc1. The van der Waals surface area contributed by atoms with Crippen LogP contribution in [0.3, 0.4) is 0 Å². The van der Waals surface area contributed by atoms with E-state index in [1.807, 2.05) is 30.3 Å². The summed E-state index contributed by atoms with van der Waals surface area (Å²) in [6, 6.07) is 13.1. The van der Waals surface area contributed by atoms with E-state index in [9.17, 15) is 15.2 Å². The Hall–Kier alpha value is -2.47. The Morgan fingerprint density at radius 3 is 2.68 bits per heavy atom. The van der Waals surface area contributed by atoms with Crippen molar-refractivity contribution in [2.24, 2.45) is 0 Å². The number of aromatic nitrogens is 1. The largest absolute Gasteiger partial charge is 0.388 e. The Morgan fingerprint density at radius 2 is 2.00 bits per heavy atom. The lowest BCUT2D eigenvalue weighted by Gasteiger charge is -2.32. The van der Waals surface area contributed by atoms with Gasteiger partial charge < -0.3 is 10.0 Å². The summed E-state index contributed by atoms with van der Waals surface area (Å²) in [5.41, 5.74) is 0.919. The molecule has 1 aliphatic rings. The Bertz CT molecular complexity index is 691. The molecule has 25 heavy (non-hydrogen) atoms. The number of nitro groups is 1. The minimum atomic E-state index is -0.523. The van der Waals surface area contributed by atoms with Crippen molar-refractivity contribution >= 4 is 11.5 Å². The fourth-order valence-corrected chi connectivity index (χ4v) is 3.45. The fraction of sp³-hybridized carbons (Fsp3) is 0.421. The van der Waals surface area contributed by atoms with Crippen LogP contribution in [0.1, 0.15) is 43.8 Å². The van der Waals surface area contributed by atoms with E-state index in [2.05, 4.69) is 9.88 Å². The molecule has 1 aromatic carbocycles. The summed E-state index contributed by atoms with van der Waals surface area (Å²) >= 11 is 0. The van der Waals surface area contributed by atoms with Crippen LogP contribution in [-0.4, -0.2) is 27.6 Å². The Kier molecular flexibility index (Phi) is 5.60. The van der Waals surface area contributed by atoms with Gasteiger partial charge in [0.25, 0.3) is 5.69 Å². The first kappa shape index (κ1) is 17.4. The first-order valence-corrected chi connectivity index (χ1v) is 8.75. The third-order valence-corrected chi connectivity index (χ3v) is 4.79. The number of hydrogen-bond acceptors (Lipinski definition) is 5. The van der Waals surface area contributed by atoms with Gasteiger partial charge >= 0.3 is 0 Å². The second kappa shape index (κ2) is 8.07. The van der Waals surface area contributed by atoms with Crippen LogP contribution in [0.5, 0.6) is 0 Å². The number of hydrogen-bond donors (Lipinski definition) is 1. The molecule has 0 unspecified atom stereocenters. The molecule has 0 bridgehead atoms. The van der Waals surface area contributed by atoms with E-state index in [0.717, 1.165) is 43.6 Å². The van der Waals surface area contributed by atoms with E-state index in [1.165, 1.54) is 12.3 Å². The van der Waals surface area contributed by atoms with E-state index in [-0.39, 0.29) is 11.7 Å². The first-order chi connectivity index (χ1) is 12.1. The average molecular weight is 341 g/mol. The second-order valence-corrected chi connectivity index (χ2v) is 6.49. The quantitative estimate of drug-likeness (QED) is 0.660. The van der Waals surface area contributed by atoms with Gasteiger partial charge in [-0.15, -0.1) is 0 Å². The Morgan fingerprint density at radius 1 is 1.20 bits per heavy atom. The minimum Gasteiger partial charge on any atom is -0.388 e. The van der Waals surface area contributed by atoms with Crippen LogP contribution in [0.25, 0.3) is 0 Å². The van der Waals surface area contributed by atoms with Crippen LogP contribution in [0.15, 0.2) is 48.7 Å². The van der Waals surface area contributed by atoms with E-state index in [1.54, 1.807) is 6.07 Å². The maximum Gasteiger partial charge on any atom is 0.287 e. The molecule has 0 aliphatic carbocycles. The fourth-order valence-electron chi connectivity index (χ4n) is 3.45. The zero-order valence-electron chi connectivity index (χ0n) is 14.1. The number of nitrogens with zero attached hydrogens (tertiary/aromatic N) is 3. The van der Waals surface area contributed by atoms with Crippen molar-refractivity contribution < 1.29 is 10.0 Å². The molecule has 6 nitrogen and oxygen atoms in total. The summed E-state index contributed by atoms with van der Waals surface area (Å²) in [7, 11) is 0. The van der Waals surface area contributed by atoms with Crippen molar-refractivity contribution in [3.8, 4) is 0 Å². The number of pyridine rings is 1. The van der Waals surface area contributed by atoms with E-state index >= 15 is 0 Å². The molecular weight excluding hydrogens is 318 g/mol. The molecule has 3 rings (SSSR count). The van der Waals surface area contributed by atoms with Crippen molar-refractivity contribution in [1.82, 2.24) is 4.98 Å². The molecule has 1 aromatic heterocycles. The number of aliphatic hydroxyl groups excluding tert-OH is 1. The van der Waals surface area contributed by atoms with Gasteiger partial charge in [-0.1, -0.05) is 43.2 Å². The third kappa shape index (κ3) is 4.33. The van der Waals surface area contributed by atoms with Gasteiger partial charge in [-0.2, -0.15) is 0 Å². The summed E-state index contributed by atoms with van der Waals surface area (Å²) in [5.74, 6) is 0.748. The highest BCUT2D eigenvalue weighted by atomic mass is 16.6. The van der Waals surface area contributed by atoms with E-state index < -0.39 is 11.0 Å². The van der Waals surface area contributed by atoms with Gasteiger partial charge in [-0.05, 0) is 30.9 Å². The lowest BCUT2D eigenvalue weighted by atomic mass is 9.98. The van der Waals surface area contributed by atoms with Crippen molar-refractivity contribution in [2.45, 2.75) is 44.2 Å². The van der Waals surface area contributed by atoms with Gasteiger partial charge in [-0.25, -0.2) is 4.98 Å². The lowest BCUT2D eigenvalue weighted by molar-refractivity contribution is -0.385. The molecule has 1 saturated heterocycles. The van der Waals surface area contributed by atoms with Crippen molar-refractivity contribution in [3.63, 3.8) is 0 Å². The molecule has 2 aromatic rings. The van der Waals surface area contributed by atoms with Gasteiger partial charge in [0.2, 0.25) is 0 Å².